The smallest absolute Gasteiger partial charge is 0.258 e. The lowest BCUT2D eigenvalue weighted by molar-refractivity contribution is -0.385. The number of nitro benzene ring substituents is 1. The first-order valence-electron chi connectivity index (χ1n) is 5.71. The molecule has 0 N–H and O–H groups in total. The lowest BCUT2D eigenvalue weighted by Crippen LogP contribution is -2.00. The summed E-state index contributed by atoms with van der Waals surface area (Å²) in [6, 6.07) is 6.79. The molecule has 1 rings (SSSR count). The Morgan fingerprint density at radius 3 is 2.56 bits per heavy atom. The van der Waals surface area contributed by atoms with Crippen LogP contribution in [-0.2, 0) is 12.8 Å². The Labute approximate surface area is 105 Å². The quantitative estimate of drug-likeness (QED) is 0.587. The number of unbranched alkanes of at least 4 members (excludes halogenated alkanes) is 1. The molecule has 5 heteroatoms. The fourth-order valence-corrected chi connectivity index (χ4v) is 1.76. The molecule has 0 aliphatic carbocycles. The molecule has 0 aliphatic rings. The Hall–Kier alpha value is -2.40. The lowest BCUT2D eigenvalue weighted by Gasteiger charge is -2.06. The zero-order chi connectivity index (χ0) is 13.5. The molecule has 0 atom stereocenters. The van der Waals surface area contributed by atoms with Gasteiger partial charge in [0, 0.05) is 11.6 Å². The van der Waals surface area contributed by atoms with Crippen LogP contribution in [0.25, 0.3) is 0 Å². The number of nitrogens with zero attached hydrogens (tertiary/aromatic N) is 3. The van der Waals surface area contributed by atoms with E-state index in [4.69, 9.17) is 10.5 Å². The van der Waals surface area contributed by atoms with Crippen LogP contribution in [0.1, 0.15) is 36.5 Å². The van der Waals surface area contributed by atoms with E-state index in [1.807, 2.05) is 19.1 Å². The monoisotopic (exact) mass is 243 g/mol. The van der Waals surface area contributed by atoms with Gasteiger partial charge >= 0.3 is 0 Å². The summed E-state index contributed by atoms with van der Waals surface area (Å²) in [5.41, 5.74) is 1.35. The van der Waals surface area contributed by atoms with Crippen molar-refractivity contribution < 1.29 is 4.92 Å². The van der Waals surface area contributed by atoms with Crippen molar-refractivity contribution in [1.82, 2.24) is 0 Å². The van der Waals surface area contributed by atoms with E-state index >= 15 is 0 Å². The number of hydrogen-bond acceptors (Lipinski definition) is 4. The molecule has 0 radical (unpaired) electrons. The highest BCUT2D eigenvalue weighted by Gasteiger charge is 2.17. The SMILES string of the molecule is CCCCc1cc(CC#N)c([N+](=O)[O-])cc1C#N. The van der Waals surface area contributed by atoms with E-state index in [-0.39, 0.29) is 12.1 Å². The van der Waals surface area contributed by atoms with Crippen LogP contribution in [0.5, 0.6) is 0 Å². The summed E-state index contributed by atoms with van der Waals surface area (Å²) >= 11 is 0. The Morgan fingerprint density at radius 2 is 2.06 bits per heavy atom. The van der Waals surface area contributed by atoms with Gasteiger partial charge in [0.2, 0.25) is 0 Å². The molecule has 0 aliphatic heterocycles. The highest BCUT2D eigenvalue weighted by Crippen LogP contribution is 2.25. The normalized spacial score (nSPS) is 9.50. The van der Waals surface area contributed by atoms with E-state index in [1.165, 1.54) is 6.07 Å². The molecule has 0 unspecified atom stereocenters. The minimum absolute atomic E-state index is 0.0128. The van der Waals surface area contributed by atoms with Crippen LogP contribution < -0.4 is 0 Å². The van der Waals surface area contributed by atoms with Gasteiger partial charge in [0.1, 0.15) is 0 Å². The van der Waals surface area contributed by atoms with Gasteiger partial charge in [-0.25, -0.2) is 0 Å². The van der Waals surface area contributed by atoms with Crippen LogP contribution in [0.15, 0.2) is 12.1 Å². The van der Waals surface area contributed by atoms with E-state index in [1.54, 1.807) is 6.07 Å². The zero-order valence-electron chi connectivity index (χ0n) is 10.1. The zero-order valence-corrected chi connectivity index (χ0v) is 10.1. The molecular formula is C13H13N3O2. The van der Waals surface area contributed by atoms with E-state index in [2.05, 4.69) is 0 Å². The Kier molecular flexibility index (Phi) is 4.83. The second-order valence-electron chi connectivity index (χ2n) is 3.95. The van der Waals surface area contributed by atoms with Gasteiger partial charge in [-0.2, -0.15) is 10.5 Å². The fraction of sp³-hybridized carbons (Fsp3) is 0.385. The Morgan fingerprint density at radius 1 is 1.33 bits per heavy atom. The van der Waals surface area contributed by atoms with Crippen molar-refractivity contribution in [3.63, 3.8) is 0 Å². The van der Waals surface area contributed by atoms with Gasteiger partial charge in [-0.15, -0.1) is 0 Å². The van der Waals surface area contributed by atoms with Crippen molar-refractivity contribution >= 4 is 5.69 Å². The summed E-state index contributed by atoms with van der Waals surface area (Å²) in [4.78, 5) is 10.3. The van der Waals surface area contributed by atoms with Crippen molar-refractivity contribution in [2.24, 2.45) is 0 Å². The first-order valence-corrected chi connectivity index (χ1v) is 5.71. The predicted octanol–water partition coefficient (Wildman–Crippen LogP) is 2.88. The van der Waals surface area contributed by atoms with E-state index in [9.17, 15) is 10.1 Å². The van der Waals surface area contributed by atoms with Gasteiger partial charge in [0.25, 0.3) is 5.69 Å². The first-order chi connectivity index (χ1) is 8.63. The molecule has 1 aromatic carbocycles. The molecule has 0 aromatic heterocycles. The standard InChI is InChI=1S/C13H13N3O2/c1-2-3-4-10-7-11(5-6-14)13(16(17)18)8-12(10)9-15/h7-8H,2-5H2,1H3. The topological polar surface area (TPSA) is 90.7 Å². The van der Waals surface area contributed by atoms with Crippen molar-refractivity contribution in [3.05, 3.63) is 38.9 Å². The van der Waals surface area contributed by atoms with Crippen LogP contribution in [0.3, 0.4) is 0 Å². The maximum absolute atomic E-state index is 10.9. The maximum Gasteiger partial charge on any atom is 0.274 e. The van der Waals surface area contributed by atoms with Crippen LogP contribution in [0, 0.1) is 32.8 Å². The van der Waals surface area contributed by atoms with Crippen molar-refractivity contribution in [2.45, 2.75) is 32.6 Å². The molecule has 1 aromatic rings. The van der Waals surface area contributed by atoms with E-state index < -0.39 is 4.92 Å². The third kappa shape index (κ3) is 3.05. The molecule has 0 saturated carbocycles. The third-order valence-corrected chi connectivity index (χ3v) is 2.69. The Bertz CT molecular complexity index is 538. The second kappa shape index (κ2) is 6.36. The summed E-state index contributed by atoms with van der Waals surface area (Å²) in [6.07, 6.45) is 2.59. The summed E-state index contributed by atoms with van der Waals surface area (Å²) in [7, 11) is 0. The second-order valence-corrected chi connectivity index (χ2v) is 3.95. The summed E-state index contributed by atoms with van der Waals surface area (Å²) in [6.45, 7) is 2.04. The number of rotatable bonds is 5. The molecule has 0 bridgehead atoms. The van der Waals surface area contributed by atoms with Gasteiger partial charge in [0.15, 0.2) is 0 Å². The van der Waals surface area contributed by atoms with Crippen LogP contribution >= 0.6 is 0 Å². The van der Waals surface area contributed by atoms with Gasteiger partial charge in [-0.3, -0.25) is 10.1 Å². The largest absolute Gasteiger partial charge is 0.274 e. The summed E-state index contributed by atoms with van der Waals surface area (Å²) in [5, 5.41) is 28.6. The van der Waals surface area contributed by atoms with Crippen molar-refractivity contribution in [1.29, 1.82) is 10.5 Å². The molecule has 92 valence electrons. The van der Waals surface area contributed by atoms with E-state index in [0.717, 1.165) is 18.4 Å². The van der Waals surface area contributed by atoms with Crippen LogP contribution in [0.4, 0.5) is 5.69 Å². The number of hydrogen-bond donors (Lipinski definition) is 0. The maximum atomic E-state index is 10.9. The van der Waals surface area contributed by atoms with E-state index in [0.29, 0.717) is 17.5 Å². The number of nitriles is 2. The predicted molar refractivity (Wildman–Crippen MR) is 65.7 cm³/mol. The van der Waals surface area contributed by atoms with Gasteiger partial charge in [0.05, 0.1) is 29.0 Å². The minimum atomic E-state index is -0.545. The molecular weight excluding hydrogens is 230 g/mol. The molecule has 0 spiro atoms. The average Bonchev–Trinajstić information content (AvgIpc) is 2.36. The minimum Gasteiger partial charge on any atom is -0.258 e. The molecule has 5 nitrogen and oxygen atoms in total. The number of nitro groups is 1. The van der Waals surface area contributed by atoms with Gasteiger partial charge < -0.3 is 0 Å². The lowest BCUT2D eigenvalue weighted by atomic mass is 9.97. The molecule has 0 amide bonds. The van der Waals surface area contributed by atoms with Crippen molar-refractivity contribution in [3.8, 4) is 12.1 Å². The highest BCUT2D eigenvalue weighted by atomic mass is 16.6. The van der Waals surface area contributed by atoms with Crippen molar-refractivity contribution in [2.75, 3.05) is 0 Å². The van der Waals surface area contributed by atoms with Gasteiger partial charge in [-0.1, -0.05) is 13.3 Å². The van der Waals surface area contributed by atoms with Gasteiger partial charge in [-0.05, 0) is 24.5 Å². The summed E-state index contributed by atoms with van der Waals surface area (Å²) in [5.74, 6) is 0. The molecule has 0 fully saturated rings. The number of aryl methyl sites for hydroxylation is 1. The molecule has 0 saturated heterocycles. The average molecular weight is 243 g/mol. The number of benzene rings is 1. The van der Waals surface area contributed by atoms with Crippen LogP contribution in [0.2, 0.25) is 0 Å². The highest BCUT2D eigenvalue weighted by molar-refractivity contribution is 5.52. The fourth-order valence-electron chi connectivity index (χ4n) is 1.76. The third-order valence-electron chi connectivity index (χ3n) is 2.69. The first kappa shape index (κ1) is 13.7. The van der Waals surface area contributed by atoms with Crippen LogP contribution in [-0.4, -0.2) is 4.92 Å². The summed E-state index contributed by atoms with van der Waals surface area (Å²) < 4.78 is 0. The molecule has 18 heavy (non-hydrogen) atoms. The Balaban J connectivity index is 3.29. The molecule has 0 heterocycles.